The zero-order valence-electron chi connectivity index (χ0n) is 11.3. The third-order valence-corrected chi connectivity index (χ3v) is 3.88. The van der Waals surface area contributed by atoms with Gasteiger partial charge < -0.3 is 5.32 Å². The Kier molecular flexibility index (Phi) is 4.17. The highest BCUT2D eigenvalue weighted by Gasteiger charge is 2.11. The van der Waals surface area contributed by atoms with Gasteiger partial charge in [0.05, 0.1) is 11.3 Å². The first kappa shape index (κ1) is 14.6. The quantitative estimate of drug-likeness (QED) is 0.914. The minimum Gasteiger partial charge on any atom is -0.367 e. The molecule has 2 rings (SSSR count). The van der Waals surface area contributed by atoms with E-state index in [0.717, 1.165) is 0 Å². The minimum atomic E-state index is -2.99. The second kappa shape index (κ2) is 5.70. The molecule has 0 saturated carbocycles. The van der Waals surface area contributed by atoms with Gasteiger partial charge in [-0.05, 0) is 31.5 Å². The molecule has 1 heterocycles. The molecular formula is C13H16FN3O2S. The molecule has 0 radical (unpaired) electrons. The van der Waals surface area contributed by atoms with Gasteiger partial charge in [-0.25, -0.2) is 22.8 Å². The maximum atomic E-state index is 13.3. The van der Waals surface area contributed by atoms with E-state index in [2.05, 4.69) is 15.3 Å². The Morgan fingerprint density at radius 3 is 2.80 bits per heavy atom. The van der Waals surface area contributed by atoms with Crippen molar-refractivity contribution in [1.82, 2.24) is 9.97 Å². The summed E-state index contributed by atoms with van der Waals surface area (Å²) in [6.45, 7) is 1.86. The van der Waals surface area contributed by atoms with Crippen molar-refractivity contribution in [2.75, 3.05) is 17.3 Å². The average molecular weight is 297 g/mol. The molecular weight excluding hydrogens is 281 g/mol. The van der Waals surface area contributed by atoms with E-state index in [0.29, 0.717) is 23.1 Å². The summed E-state index contributed by atoms with van der Waals surface area (Å²) in [5, 5.41) is 3.68. The highest BCUT2D eigenvalue weighted by Crippen LogP contribution is 2.21. The van der Waals surface area contributed by atoms with Crippen LogP contribution in [0.1, 0.15) is 13.3 Å². The Bertz CT molecular complexity index is 719. The number of anilines is 1. The lowest BCUT2D eigenvalue weighted by Crippen LogP contribution is -2.20. The van der Waals surface area contributed by atoms with Crippen molar-refractivity contribution in [3.8, 4) is 0 Å². The molecule has 20 heavy (non-hydrogen) atoms. The first-order chi connectivity index (χ1) is 9.35. The van der Waals surface area contributed by atoms with Crippen LogP contribution in [0.15, 0.2) is 24.5 Å². The van der Waals surface area contributed by atoms with Gasteiger partial charge in [-0.15, -0.1) is 0 Å². The van der Waals surface area contributed by atoms with Crippen LogP contribution in [0, 0.1) is 5.82 Å². The van der Waals surface area contributed by atoms with Gasteiger partial charge >= 0.3 is 0 Å². The maximum Gasteiger partial charge on any atom is 0.147 e. The molecule has 5 nitrogen and oxygen atoms in total. The van der Waals surface area contributed by atoms with Gasteiger partial charge in [0.15, 0.2) is 0 Å². The molecule has 0 bridgehead atoms. The zero-order valence-corrected chi connectivity index (χ0v) is 12.1. The average Bonchev–Trinajstić information content (AvgIpc) is 2.36. The normalized spacial score (nSPS) is 13.3. The third kappa shape index (κ3) is 3.86. The summed E-state index contributed by atoms with van der Waals surface area (Å²) in [6, 6.07) is 4.19. The van der Waals surface area contributed by atoms with E-state index >= 15 is 0 Å². The summed E-state index contributed by atoms with van der Waals surface area (Å²) < 4.78 is 35.6. The monoisotopic (exact) mass is 297 g/mol. The van der Waals surface area contributed by atoms with Crippen molar-refractivity contribution in [1.29, 1.82) is 0 Å². The number of hydrogen-bond donors (Lipinski definition) is 1. The molecule has 1 aromatic carbocycles. The summed E-state index contributed by atoms with van der Waals surface area (Å²) in [4.78, 5) is 8.16. The van der Waals surface area contributed by atoms with Crippen LogP contribution in [0.2, 0.25) is 0 Å². The van der Waals surface area contributed by atoms with Crippen LogP contribution in [0.25, 0.3) is 10.9 Å². The number of aromatic nitrogens is 2. The topological polar surface area (TPSA) is 72.0 Å². The SMILES string of the molecule is CC(CCS(C)(=O)=O)Nc1ncnc2ccc(F)cc12. The first-order valence-electron chi connectivity index (χ1n) is 6.20. The molecule has 0 saturated heterocycles. The molecule has 1 atom stereocenters. The van der Waals surface area contributed by atoms with Crippen molar-refractivity contribution in [3.05, 3.63) is 30.3 Å². The fraction of sp³-hybridized carbons (Fsp3) is 0.385. The van der Waals surface area contributed by atoms with Crippen LogP contribution in [-0.2, 0) is 9.84 Å². The molecule has 0 fully saturated rings. The lowest BCUT2D eigenvalue weighted by atomic mass is 10.2. The molecule has 0 aliphatic carbocycles. The molecule has 1 N–H and O–H groups in total. The van der Waals surface area contributed by atoms with Gasteiger partial charge in [-0.1, -0.05) is 0 Å². The maximum absolute atomic E-state index is 13.3. The minimum absolute atomic E-state index is 0.0916. The van der Waals surface area contributed by atoms with Crippen molar-refractivity contribution in [3.63, 3.8) is 0 Å². The molecule has 7 heteroatoms. The second-order valence-electron chi connectivity index (χ2n) is 4.85. The van der Waals surface area contributed by atoms with Gasteiger partial charge in [0, 0.05) is 17.7 Å². The summed E-state index contributed by atoms with van der Waals surface area (Å²) in [5.74, 6) is 0.244. The fourth-order valence-electron chi connectivity index (χ4n) is 1.84. The lowest BCUT2D eigenvalue weighted by Gasteiger charge is -2.15. The van der Waals surface area contributed by atoms with Crippen molar-refractivity contribution >= 4 is 26.6 Å². The predicted octanol–water partition coefficient (Wildman–Crippen LogP) is 2.00. The van der Waals surface area contributed by atoms with Gasteiger partial charge in [0.1, 0.15) is 27.8 Å². The number of nitrogens with one attached hydrogen (secondary N) is 1. The van der Waals surface area contributed by atoms with Crippen LogP contribution < -0.4 is 5.32 Å². The highest BCUT2D eigenvalue weighted by molar-refractivity contribution is 7.90. The summed E-state index contributed by atoms with van der Waals surface area (Å²) >= 11 is 0. The van der Waals surface area contributed by atoms with E-state index in [9.17, 15) is 12.8 Å². The Morgan fingerprint density at radius 2 is 2.10 bits per heavy atom. The van der Waals surface area contributed by atoms with Crippen molar-refractivity contribution in [2.24, 2.45) is 0 Å². The molecule has 108 valence electrons. The van der Waals surface area contributed by atoms with Crippen LogP contribution >= 0.6 is 0 Å². The van der Waals surface area contributed by atoms with Gasteiger partial charge in [0.25, 0.3) is 0 Å². The van der Waals surface area contributed by atoms with E-state index in [1.54, 1.807) is 6.07 Å². The smallest absolute Gasteiger partial charge is 0.147 e. The third-order valence-electron chi connectivity index (χ3n) is 2.90. The van der Waals surface area contributed by atoms with E-state index in [4.69, 9.17) is 0 Å². The van der Waals surface area contributed by atoms with Crippen LogP contribution in [0.5, 0.6) is 0 Å². The van der Waals surface area contributed by atoms with Gasteiger partial charge in [-0.2, -0.15) is 0 Å². The molecule has 0 aliphatic heterocycles. The summed E-state index contributed by atoms with van der Waals surface area (Å²) in [6.07, 6.45) is 3.06. The van der Waals surface area contributed by atoms with Crippen LogP contribution in [-0.4, -0.2) is 36.4 Å². The van der Waals surface area contributed by atoms with Gasteiger partial charge in [0.2, 0.25) is 0 Å². The highest BCUT2D eigenvalue weighted by atomic mass is 32.2. The van der Waals surface area contributed by atoms with E-state index < -0.39 is 9.84 Å². The number of rotatable bonds is 5. The Morgan fingerprint density at radius 1 is 1.35 bits per heavy atom. The molecule has 2 aromatic rings. The molecule has 1 unspecified atom stereocenters. The fourth-order valence-corrected chi connectivity index (χ4v) is 2.62. The molecule has 1 aromatic heterocycles. The van der Waals surface area contributed by atoms with E-state index in [1.807, 2.05) is 6.92 Å². The first-order valence-corrected chi connectivity index (χ1v) is 8.26. The number of halogens is 1. The number of benzene rings is 1. The number of fused-ring (bicyclic) bond motifs is 1. The molecule has 0 amide bonds. The largest absolute Gasteiger partial charge is 0.367 e. The van der Waals surface area contributed by atoms with Crippen molar-refractivity contribution in [2.45, 2.75) is 19.4 Å². The lowest BCUT2D eigenvalue weighted by molar-refractivity contribution is 0.595. The van der Waals surface area contributed by atoms with Crippen LogP contribution in [0.4, 0.5) is 10.2 Å². The molecule has 0 spiro atoms. The Balaban J connectivity index is 2.19. The Labute approximate surface area is 117 Å². The second-order valence-corrected chi connectivity index (χ2v) is 7.11. The number of nitrogens with zero attached hydrogens (tertiary/aromatic N) is 2. The standard InChI is InChI=1S/C13H16FN3O2S/c1-9(5-6-20(2,18)19)17-13-11-7-10(14)3-4-12(11)15-8-16-13/h3-4,7-9H,5-6H2,1-2H3,(H,15,16,17). The number of hydrogen-bond acceptors (Lipinski definition) is 5. The Hall–Kier alpha value is -1.76. The van der Waals surface area contributed by atoms with E-state index in [-0.39, 0.29) is 17.6 Å². The zero-order chi connectivity index (χ0) is 14.8. The predicted molar refractivity (Wildman–Crippen MR) is 76.9 cm³/mol. The summed E-state index contributed by atoms with van der Waals surface area (Å²) in [5.41, 5.74) is 0.638. The summed E-state index contributed by atoms with van der Waals surface area (Å²) in [7, 11) is -2.99. The van der Waals surface area contributed by atoms with E-state index in [1.165, 1.54) is 24.7 Å². The van der Waals surface area contributed by atoms with Crippen LogP contribution in [0.3, 0.4) is 0 Å². The van der Waals surface area contributed by atoms with Crippen molar-refractivity contribution < 1.29 is 12.8 Å². The molecule has 0 aliphatic rings. The van der Waals surface area contributed by atoms with Gasteiger partial charge in [-0.3, -0.25) is 0 Å². The number of sulfone groups is 1.